The lowest BCUT2D eigenvalue weighted by molar-refractivity contribution is 0.593. The summed E-state index contributed by atoms with van der Waals surface area (Å²) >= 11 is 0. The first-order valence-electron chi connectivity index (χ1n) is 26.2. The second-order valence-corrected chi connectivity index (χ2v) is 21.9. The Morgan fingerprint density at radius 3 is 1.83 bits per heavy atom. The van der Waals surface area contributed by atoms with Crippen LogP contribution in [0.4, 0.5) is 0 Å². The zero-order chi connectivity index (χ0) is 49.4. The predicted octanol–water partition coefficient (Wildman–Crippen LogP) is 18.9. The van der Waals surface area contributed by atoms with Gasteiger partial charge in [0.05, 0.1) is 5.41 Å². The lowest BCUT2D eigenvalue weighted by Crippen LogP contribution is -2.26. The van der Waals surface area contributed by atoms with Gasteiger partial charge in [-0.05, 0) is 170 Å². The first-order chi connectivity index (χ1) is 34.3. The number of allylic oxidation sites excluding steroid dienone is 12. The van der Waals surface area contributed by atoms with Crippen LogP contribution in [-0.2, 0) is 16.2 Å². The normalized spacial score (nSPS) is 20.9. The van der Waals surface area contributed by atoms with Gasteiger partial charge >= 0.3 is 0 Å². The van der Waals surface area contributed by atoms with Crippen LogP contribution in [0.3, 0.4) is 0 Å². The van der Waals surface area contributed by atoms with Gasteiger partial charge in [0, 0.05) is 16.7 Å². The van der Waals surface area contributed by atoms with Crippen LogP contribution >= 0.6 is 0 Å². The number of hydrogen-bond donors (Lipinski definition) is 0. The van der Waals surface area contributed by atoms with Crippen LogP contribution < -0.4 is 0 Å². The van der Waals surface area contributed by atoms with E-state index in [2.05, 4.69) is 263 Å². The standard InChI is InChI=1S/C55H48.C16H20/c1-35-24-26-40(27-25-35)43-19-13-23-50-53(43)46-29-28-41(34-51(46)55(50)47-20-10-8-17-44(47)45-18-9-11-21-48(45)55)38(4)39-30-32-54(5,33-31-39)49-22-12-15-37(3)52(49)42-16-7-6-14-36(42)2;1-6-12-13-9-8-11(3)10-15(13)16(4,5)14(12)7-2/h6-24,26-32,34-35,38H,25,33H2,1-5H3;6-10H,1-5H3/b;12-6-,14-7+. The van der Waals surface area contributed by atoms with E-state index in [9.17, 15) is 0 Å². The van der Waals surface area contributed by atoms with E-state index in [1.807, 2.05) is 0 Å². The maximum absolute atomic E-state index is 2.58. The molecule has 0 heteroatoms. The van der Waals surface area contributed by atoms with E-state index in [-0.39, 0.29) is 22.2 Å². The fraction of sp³-hybridized carbons (Fsp3) is 0.239. The third kappa shape index (κ3) is 7.23. The topological polar surface area (TPSA) is 0 Å². The summed E-state index contributed by atoms with van der Waals surface area (Å²) in [6.07, 6.45) is 21.2. The molecule has 0 N–H and O–H groups in total. The van der Waals surface area contributed by atoms with Gasteiger partial charge < -0.3 is 0 Å². The second kappa shape index (κ2) is 17.7. The smallest absolute Gasteiger partial charge is 0.0725 e. The zero-order valence-electron chi connectivity index (χ0n) is 43.5. The van der Waals surface area contributed by atoms with Gasteiger partial charge in [0.2, 0.25) is 0 Å². The summed E-state index contributed by atoms with van der Waals surface area (Å²) in [7, 11) is 0. The van der Waals surface area contributed by atoms with Crippen LogP contribution in [0, 0.1) is 26.7 Å². The Morgan fingerprint density at radius 1 is 0.535 bits per heavy atom. The molecule has 352 valence electrons. The molecule has 71 heavy (non-hydrogen) atoms. The number of benzene rings is 7. The molecule has 0 saturated carbocycles. The lowest BCUT2D eigenvalue weighted by Gasteiger charge is -2.33. The number of aryl methyl sites for hydroxylation is 3. The van der Waals surface area contributed by atoms with Gasteiger partial charge in [-0.25, -0.2) is 0 Å². The van der Waals surface area contributed by atoms with E-state index < -0.39 is 0 Å². The van der Waals surface area contributed by atoms with Crippen molar-refractivity contribution in [1.82, 2.24) is 0 Å². The molecular formula is C71H68. The highest BCUT2D eigenvalue weighted by Crippen LogP contribution is 2.64. The van der Waals surface area contributed by atoms with Crippen LogP contribution in [0.1, 0.15) is 134 Å². The second-order valence-electron chi connectivity index (χ2n) is 21.9. The Kier molecular flexibility index (Phi) is 11.5. The summed E-state index contributed by atoms with van der Waals surface area (Å²) in [5, 5.41) is 0. The monoisotopic (exact) mass is 921 g/mol. The molecule has 0 aromatic heterocycles. The largest absolute Gasteiger partial charge is 0.0829 e. The third-order valence-corrected chi connectivity index (χ3v) is 17.1. The molecule has 7 aromatic carbocycles. The molecule has 0 aliphatic heterocycles. The van der Waals surface area contributed by atoms with Gasteiger partial charge in [0.25, 0.3) is 0 Å². The molecule has 3 atom stereocenters. The summed E-state index contributed by atoms with van der Waals surface area (Å²) in [5.41, 5.74) is 30.1. The predicted molar refractivity (Wildman–Crippen MR) is 304 cm³/mol. The average Bonchev–Trinajstić information content (AvgIpc) is 3.94. The molecule has 7 aromatic rings. The van der Waals surface area contributed by atoms with Crippen molar-refractivity contribution >= 4 is 11.1 Å². The van der Waals surface area contributed by atoms with Crippen molar-refractivity contribution in [3.63, 3.8) is 0 Å². The number of rotatable bonds is 5. The molecule has 0 nitrogen and oxygen atoms in total. The van der Waals surface area contributed by atoms with E-state index in [0.717, 1.165) is 12.8 Å². The molecule has 0 radical (unpaired) electrons. The molecule has 1 spiro atoms. The number of hydrogen-bond acceptors (Lipinski definition) is 0. The highest BCUT2D eigenvalue weighted by atomic mass is 14.5. The van der Waals surface area contributed by atoms with Crippen LogP contribution in [0.5, 0.6) is 0 Å². The fourth-order valence-electron chi connectivity index (χ4n) is 13.3. The van der Waals surface area contributed by atoms with Gasteiger partial charge in [-0.2, -0.15) is 0 Å². The summed E-state index contributed by atoms with van der Waals surface area (Å²) in [6.45, 7) is 22.7. The van der Waals surface area contributed by atoms with Gasteiger partial charge in [-0.15, -0.1) is 0 Å². The van der Waals surface area contributed by atoms with Gasteiger partial charge in [0.15, 0.2) is 0 Å². The van der Waals surface area contributed by atoms with Crippen molar-refractivity contribution in [3.05, 3.63) is 272 Å². The molecule has 0 heterocycles. The minimum atomic E-state index is -0.373. The average molecular weight is 921 g/mol. The van der Waals surface area contributed by atoms with Gasteiger partial charge in [-0.3, -0.25) is 0 Å². The van der Waals surface area contributed by atoms with Crippen LogP contribution in [0.15, 0.2) is 205 Å². The Labute approximate surface area is 424 Å². The van der Waals surface area contributed by atoms with Gasteiger partial charge in [-0.1, -0.05) is 234 Å². The summed E-state index contributed by atoms with van der Waals surface area (Å²) in [6, 6.07) is 55.3. The number of fused-ring (bicyclic) bond motifs is 11. The van der Waals surface area contributed by atoms with Crippen LogP contribution in [-0.4, -0.2) is 0 Å². The van der Waals surface area contributed by atoms with Crippen molar-refractivity contribution in [1.29, 1.82) is 0 Å². The summed E-state index contributed by atoms with van der Waals surface area (Å²) < 4.78 is 0. The molecule has 0 amide bonds. The summed E-state index contributed by atoms with van der Waals surface area (Å²) in [5.74, 6) is 0.821. The molecule has 5 aliphatic rings. The van der Waals surface area contributed by atoms with E-state index in [0.29, 0.717) is 5.92 Å². The van der Waals surface area contributed by atoms with Crippen LogP contribution in [0.25, 0.3) is 44.5 Å². The van der Waals surface area contributed by atoms with E-state index in [1.165, 1.54) is 122 Å². The highest BCUT2D eigenvalue weighted by molar-refractivity contribution is 6.00. The maximum Gasteiger partial charge on any atom is 0.0725 e. The fourth-order valence-corrected chi connectivity index (χ4v) is 13.3. The maximum atomic E-state index is 2.58. The first kappa shape index (κ1) is 46.4. The Morgan fingerprint density at radius 2 is 1.17 bits per heavy atom. The van der Waals surface area contributed by atoms with Crippen molar-refractivity contribution < 1.29 is 0 Å². The molecule has 3 unspecified atom stereocenters. The molecule has 12 rings (SSSR count). The third-order valence-electron chi connectivity index (χ3n) is 17.1. The molecule has 0 saturated heterocycles. The van der Waals surface area contributed by atoms with Crippen molar-refractivity contribution in [2.75, 3.05) is 0 Å². The molecule has 5 aliphatic carbocycles. The Balaban J connectivity index is 0.000000291. The molecular weight excluding hydrogens is 853 g/mol. The highest BCUT2D eigenvalue weighted by Gasteiger charge is 2.52. The molecule has 0 bridgehead atoms. The van der Waals surface area contributed by atoms with E-state index in [4.69, 9.17) is 0 Å². The van der Waals surface area contributed by atoms with Crippen molar-refractivity contribution in [3.8, 4) is 33.4 Å². The van der Waals surface area contributed by atoms with Crippen molar-refractivity contribution in [2.45, 2.75) is 104 Å². The first-order valence-corrected chi connectivity index (χ1v) is 26.2. The van der Waals surface area contributed by atoms with Crippen molar-refractivity contribution in [2.24, 2.45) is 5.92 Å². The minimum absolute atomic E-state index is 0.0931. The Hall–Kier alpha value is -7.02. The summed E-state index contributed by atoms with van der Waals surface area (Å²) in [4.78, 5) is 0. The van der Waals surface area contributed by atoms with E-state index >= 15 is 0 Å². The van der Waals surface area contributed by atoms with Crippen LogP contribution in [0.2, 0.25) is 0 Å². The lowest BCUT2D eigenvalue weighted by atomic mass is 9.69. The minimum Gasteiger partial charge on any atom is -0.0829 e. The van der Waals surface area contributed by atoms with Gasteiger partial charge in [0.1, 0.15) is 0 Å². The SMILES string of the molecule is C/C=C1\C(=C/C)c2ccc(C)cc2C1(C)C.Cc1ccccc1-c1c(C)cccc1C1(C)C=CC(C(C)c2ccc3c(c2)C2(c4ccccc4-c4ccccc42)c2cccc(C4=CCC(C)C=C4)c2-3)=CC1. The Bertz CT molecular complexity index is 3450. The van der Waals surface area contributed by atoms with E-state index in [1.54, 1.807) is 0 Å². The quantitative estimate of drug-likeness (QED) is 0.161. The zero-order valence-corrected chi connectivity index (χ0v) is 43.5. The molecule has 0 fully saturated rings.